The smallest absolute Gasteiger partial charge is 0.221 e. The van der Waals surface area contributed by atoms with Crippen LogP contribution in [-0.2, 0) is 23.7 Å². The topological polar surface area (TPSA) is 228 Å². The molecule has 15 heteroatoms. The summed E-state index contributed by atoms with van der Waals surface area (Å²) in [5, 5.41) is 82.7. The molecule has 10 atom stereocenters. The largest absolute Gasteiger partial charge is 0.394 e. The van der Waals surface area contributed by atoms with E-state index >= 15 is 0 Å². The first-order valence-electron chi connectivity index (χ1n) is 15.7. The highest BCUT2D eigenvalue weighted by molar-refractivity contribution is 7.99. The van der Waals surface area contributed by atoms with Crippen LogP contribution in [0.1, 0.15) is 71.6 Å². The van der Waals surface area contributed by atoms with Crippen LogP contribution in [0.5, 0.6) is 0 Å². The number of hydrogen-bond acceptors (Lipinski definition) is 14. The zero-order valence-electron chi connectivity index (χ0n) is 25.9. The first-order valence-corrected chi connectivity index (χ1v) is 16.9. The number of thioether (sulfide) groups is 1. The predicted molar refractivity (Wildman–Crippen MR) is 161 cm³/mol. The number of carbonyl (C=O) groups excluding carboxylic acids is 1. The molecule has 2 aliphatic heterocycles. The second-order valence-corrected chi connectivity index (χ2v) is 13.2. The van der Waals surface area contributed by atoms with Crippen molar-refractivity contribution >= 4 is 17.7 Å². The maximum Gasteiger partial charge on any atom is 0.221 e. The van der Waals surface area contributed by atoms with Gasteiger partial charge < -0.3 is 65.1 Å². The summed E-state index contributed by atoms with van der Waals surface area (Å²) in [5.41, 5.74) is -1.32. The Bertz CT molecular complexity index is 754. The molecule has 2 aliphatic rings. The number of aliphatic hydroxyl groups is 8. The predicted octanol–water partition coefficient (Wildman–Crippen LogP) is -1.24. The fourth-order valence-corrected chi connectivity index (χ4v) is 6.00. The van der Waals surface area contributed by atoms with E-state index in [1.54, 1.807) is 18.7 Å². The molecule has 2 heterocycles. The van der Waals surface area contributed by atoms with Gasteiger partial charge in [0.2, 0.25) is 5.91 Å². The summed E-state index contributed by atoms with van der Waals surface area (Å²) < 4.78 is 22.2. The van der Waals surface area contributed by atoms with Gasteiger partial charge in [-0.05, 0) is 19.1 Å². The third kappa shape index (κ3) is 12.5. The molecular formula is C29H55NO13S. The van der Waals surface area contributed by atoms with Gasteiger partial charge in [-0.2, -0.15) is 11.8 Å². The van der Waals surface area contributed by atoms with Gasteiger partial charge >= 0.3 is 0 Å². The molecule has 260 valence electrons. The Morgan fingerprint density at radius 1 is 0.705 bits per heavy atom. The van der Waals surface area contributed by atoms with E-state index in [9.17, 15) is 45.6 Å². The molecule has 44 heavy (non-hydrogen) atoms. The molecule has 14 nitrogen and oxygen atoms in total. The summed E-state index contributed by atoms with van der Waals surface area (Å²) in [6.45, 7) is 1.79. The Kier molecular flexibility index (Phi) is 18.5. The summed E-state index contributed by atoms with van der Waals surface area (Å²) >= 11 is 1.68. The second-order valence-electron chi connectivity index (χ2n) is 12.0. The highest BCUT2D eigenvalue weighted by Gasteiger charge is 2.47. The van der Waals surface area contributed by atoms with Crippen LogP contribution < -0.4 is 5.32 Å². The van der Waals surface area contributed by atoms with Gasteiger partial charge in [0, 0.05) is 12.2 Å². The fraction of sp³-hybridized carbons (Fsp3) is 0.966. The fourth-order valence-electron chi connectivity index (χ4n) is 5.06. The van der Waals surface area contributed by atoms with Gasteiger partial charge in [0.1, 0.15) is 48.8 Å². The zero-order valence-corrected chi connectivity index (χ0v) is 26.7. The molecule has 0 aromatic rings. The molecule has 9 N–H and O–H groups in total. The number of rotatable bonds is 21. The number of nitrogens with one attached hydrogen (secondary N) is 1. The van der Waals surface area contributed by atoms with E-state index in [0.29, 0.717) is 5.75 Å². The van der Waals surface area contributed by atoms with Crippen LogP contribution in [0.15, 0.2) is 0 Å². The number of amides is 1. The summed E-state index contributed by atoms with van der Waals surface area (Å²) in [4.78, 5) is 12.9. The molecule has 0 aromatic heterocycles. The molecule has 2 fully saturated rings. The summed E-state index contributed by atoms with van der Waals surface area (Å²) in [7, 11) is 0. The summed E-state index contributed by atoms with van der Waals surface area (Å²) in [6.07, 6.45) is -5.09. The van der Waals surface area contributed by atoms with Gasteiger partial charge in [0.15, 0.2) is 12.6 Å². The standard InChI is InChI=1S/C29H55NO13S/c1-3-4-5-6-7-8-9-10-12-44-13-11-20(33)30-29(2,16-40-27-25(38)23(36)21(34)18(14-31)42-27)17-41-28-26(39)24(37)22(35)19(15-32)43-28/h18-19,21-28,31-32,34-39H,3-17H2,1-2H3,(H,30,33)/t18-,19-,21-,22-,23+,24+,25-,26-,27-,28-/m1/s1. The van der Waals surface area contributed by atoms with Crippen LogP contribution in [0.4, 0.5) is 0 Å². The average Bonchev–Trinajstić information content (AvgIpc) is 3.00. The minimum Gasteiger partial charge on any atom is -0.394 e. The van der Waals surface area contributed by atoms with Crippen molar-refractivity contribution in [3.05, 3.63) is 0 Å². The Morgan fingerprint density at radius 3 is 1.61 bits per heavy atom. The number of hydrogen-bond donors (Lipinski definition) is 9. The highest BCUT2D eigenvalue weighted by atomic mass is 32.2. The van der Waals surface area contributed by atoms with Crippen LogP contribution in [0.25, 0.3) is 0 Å². The lowest BCUT2D eigenvalue weighted by molar-refractivity contribution is -0.313. The van der Waals surface area contributed by atoms with E-state index in [1.807, 2.05) is 0 Å². The van der Waals surface area contributed by atoms with E-state index in [2.05, 4.69) is 12.2 Å². The van der Waals surface area contributed by atoms with Crippen LogP contribution in [0.3, 0.4) is 0 Å². The van der Waals surface area contributed by atoms with E-state index in [1.165, 1.54) is 38.5 Å². The molecule has 0 bridgehead atoms. The van der Waals surface area contributed by atoms with Crippen molar-refractivity contribution in [2.45, 2.75) is 139 Å². The molecule has 0 saturated carbocycles. The quantitative estimate of drug-likeness (QED) is 0.0658. The van der Waals surface area contributed by atoms with Crippen molar-refractivity contribution in [3.8, 4) is 0 Å². The number of ether oxygens (including phenoxy) is 4. The molecule has 0 spiro atoms. The van der Waals surface area contributed by atoms with E-state index in [4.69, 9.17) is 18.9 Å². The van der Waals surface area contributed by atoms with Crippen LogP contribution >= 0.6 is 11.8 Å². The highest BCUT2D eigenvalue weighted by Crippen LogP contribution is 2.25. The first kappa shape index (κ1) is 39.5. The van der Waals surface area contributed by atoms with Gasteiger partial charge in [-0.1, -0.05) is 51.9 Å². The number of carbonyl (C=O) groups is 1. The van der Waals surface area contributed by atoms with Crippen molar-refractivity contribution < 1.29 is 64.6 Å². The van der Waals surface area contributed by atoms with Crippen LogP contribution in [0.2, 0.25) is 0 Å². The van der Waals surface area contributed by atoms with Crippen molar-refractivity contribution in [1.82, 2.24) is 5.32 Å². The molecule has 0 aromatic carbocycles. The minimum atomic E-state index is -1.66. The lowest BCUT2D eigenvalue weighted by Gasteiger charge is -2.42. The maximum atomic E-state index is 12.9. The van der Waals surface area contributed by atoms with Gasteiger partial charge in [-0.25, -0.2) is 0 Å². The lowest BCUT2D eigenvalue weighted by atomic mass is 9.98. The Labute approximate surface area is 264 Å². The van der Waals surface area contributed by atoms with Crippen molar-refractivity contribution in [2.24, 2.45) is 0 Å². The molecule has 0 unspecified atom stereocenters. The third-order valence-corrected chi connectivity index (χ3v) is 8.96. The van der Waals surface area contributed by atoms with Crippen molar-refractivity contribution in [3.63, 3.8) is 0 Å². The van der Waals surface area contributed by atoms with Gasteiger partial charge in [-0.3, -0.25) is 4.79 Å². The summed E-state index contributed by atoms with van der Waals surface area (Å²) in [5.74, 6) is 1.20. The SMILES string of the molecule is CCCCCCCCCCSCCC(=O)NC(C)(CO[C@@H]1O[C@H](CO)[C@@H](O)[C@H](O)[C@H]1O)CO[C@@H]1O[C@H](CO)[C@@H](O)[C@H](O)[C@H]1O. The van der Waals surface area contributed by atoms with Gasteiger partial charge in [0.05, 0.1) is 32.0 Å². The molecular weight excluding hydrogens is 602 g/mol. The molecule has 2 saturated heterocycles. The minimum absolute atomic E-state index is 0.192. The second kappa shape index (κ2) is 20.5. The molecule has 2 rings (SSSR count). The van der Waals surface area contributed by atoms with Gasteiger partial charge in [-0.15, -0.1) is 0 Å². The van der Waals surface area contributed by atoms with E-state index < -0.39 is 80.2 Å². The molecule has 1 amide bonds. The van der Waals surface area contributed by atoms with Crippen molar-refractivity contribution in [2.75, 3.05) is 37.9 Å². The zero-order chi connectivity index (χ0) is 32.7. The normalized spacial score (nSPS) is 33.0. The third-order valence-electron chi connectivity index (χ3n) is 7.89. The maximum absolute atomic E-state index is 12.9. The van der Waals surface area contributed by atoms with Crippen LogP contribution in [0, 0.1) is 0 Å². The van der Waals surface area contributed by atoms with Gasteiger partial charge in [0.25, 0.3) is 0 Å². The number of aliphatic hydroxyl groups excluding tert-OH is 8. The average molecular weight is 658 g/mol. The lowest BCUT2D eigenvalue weighted by Crippen LogP contribution is -2.62. The summed E-state index contributed by atoms with van der Waals surface area (Å²) in [6, 6.07) is 0. The Balaban J connectivity index is 1.93. The number of unbranched alkanes of at least 4 members (excludes halogenated alkanes) is 7. The monoisotopic (exact) mass is 657 g/mol. The Morgan fingerprint density at radius 2 is 1.16 bits per heavy atom. The van der Waals surface area contributed by atoms with Crippen LogP contribution in [-0.4, -0.2) is 152 Å². The van der Waals surface area contributed by atoms with E-state index in [0.717, 1.165) is 18.6 Å². The molecule has 0 aliphatic carbocycles. The van der Waals surface area contributed by atoms with Crippen molar-refractivity contribution in [1.29, 1.82) is 0 Å². The Hall–Kier alpha value is -0.660. The first-order chi connectivity index (χ1) is 21.0. The molecule has 0 radical (unpaired) electrons. The van der Waals surface area contributed by atoms with E-state index in [-0.39, 0.29) is 25.5 Å².